The molecular formula is C19H21N3OS. The van der Waals surface area contributed by atoms with Crippen LogP contribution in [0.3, 0.4) is 0 Å². The minimum Gasteiger partial charge on any atom is -0.325 e. The number of carbonyl (C=O) groups is 1. The number of carbonyl (C=O) groups excluding carboxylic acids is 1. The zero-order valence-corrected chi connectivity index (χ0v) is 14.9. The Bertz CT molecular complexity index is 872. The number of hydrogen-bond donors (Lipinski definition) is 1. The molecule has 0 aliphatic rings. The standard InChI is InChI=1S/C19H21N3OS/c1-4-22-17-12-8-7-11-16(17)21-19(22)24-14(3)18(23)20-15-10-6-5-9-13(15)2/h5-12,14H,4H2,1-3H3,(H,20,23). The van der Waals surface area contributed by atoms with E-state index in [-0.39, 0.29) is 11.2 Å². The third-order valence-electron chi connectivity index (χ3n) is 3.99. The highest BCUT2D eigenvalue weighted by atomic mass is 32.2. The van der Waals surface area contributed by atoms with Gasteiger partial charge in [0.2, 0.25) is 5.91 Å². The van der Waals surface area contributed by atoms with Crippen molar-refractivity contribution in [1.29, 1.82) is 0 Å². The highest BCUT2D eigenvalue weighted by molar-refractivity contribution is 8.00. The molecule has 1 unspecified atom stereocenters. The number of amides is 1. The number of para-hydroxylation sites is 3. The van der Waals surface area contributed by atoms with E-state index in [0.717, 1.165) is 34.0 Å². The van der Waals surface area contributed by atoms with E-state index < -0.39 is 0 Å². The number of rotatable bonds is 5. The molecule has 4 nitrogen and oxygen atoms in total. The number of nitrogens with zero attached hydrogens (tertiary/aromatic N) is 2. The number of aryl methyl sites for hydroxylation is 2. The van der Waals surface area contributed by atoms with Crippen molar-refractivity contribution in [1.82, 2.24) is 9.55 Å². The summed E-state index contributed by atoms with van der Waals surface area (Å²) in [5.41, 5.74) is 3.99. The molecule has 1 amide bonds. The van der Waals surface area contributed by atoms with E-state index in [9.17, 15) is 4.79 Å². The average Bonchev–Trinajstić information content (AvgIpc) is 2.93. The molecule has 0 fully saturated rings. The van der Waals surface area contributed by atoms with Crippen LogP contribution in [0.5, 0.6) is 0 Å². The van der Waals surface area contributed by atoms with Crippen LogP contribution in [0.15, 0.2) is 53.7 Å². The third-order valence-corrected chi connectivity index (χ3v) is 5.08. The molecule has 1 atom stereocenters. The normalized spacial score (nSPS) is 12.3. The molecule has 1 heterocycles. The number of thioether (sulfide) groups is 1. The predicted molar refractivity (Wildman–Crippen MR) is 101 cm³/mol. The van der Waals surface area contributed by atoms with Crippen molar-refractivity contribution in [3.05, 3.63) is 54.1 Å². The first-order valence-corrected chi connectivity index (χ1v) is 8.96. The van der Waals surface area contributed by atoms with Gasteiger partial charge in [0.25, 0.3) is 0 Å². The molecule has 2 aromatic carbocycles. The maximum absolute atomic E-state index is 12.5. The van der Waals surface area contributed by atoms with Crippen molar-refractivity contribution < 1.29 is 4.79 Å². The van der Waals surface area contributed by atoms with Crippen LogP contribution in [-0.4, -0.2) is 20.7 Å². The Balaban J connectivity index is 1.78. The zero-order valence-electron chi connectivity index (χ0n) is 14.1. The van der Waals surface area contributed by atoms with Gasteiger partial charge in [0.05, 0.1) is 16.3 Å². The van der Waals surface area contributed by atoms with Gasteiger partial charge in [-0.15, -0.1) is 0 Å². The van der Waals surface area contributed by atoms with Gasteiger partial charge in [-0.1, -0.05) is 42.1 Å². The monoisotopic (exact) mass is 339 g/mol. The van der Waals surface area contributed by atoms with Gasteiger partial charge in [-0.05, 0) is 44.5 Å². The van der Waals surface area contributed by atoms with Gasteiger partial charge >= 0.3 is 0 Å². The Hall–Kier alpha value is -2.27. The van der Waals surface area contributed by atoms with Gasteiger partial charge in [-0.3, -0.25) is 4.79 Å². The van der Waals surface area contributed by atoms with Gasteiger partial charge < -0.3 is 9.88 Å². The molecule has 0 bridgehead atoms. The molecule has 0 saturated carbocycles. The summed E-state index contributed by atoms with van der Waals surface area (Å²) in [6, 6.07) is 15.9. The van der Waals surface area contributed by atoms with E-state index in [0.29, 0.717) is 0 Å². The van der Waals surface area contributed by atoms with Crippen LogP contribution in [0.2, 0.25) is 0 Å². The summed E-state index contributed by atoms with van der Waals surface area (Å²) in [5, 5.41) is 3.66. The minimum absolute atomic E-state index is 0.0102. The van der Waals surface area contributed by atoms with Crippen molar-refractivity contribution in [2.45, 2.75) is 37.7 Å². The summed E-state index contributed by atoms with van der Waals surface area (Å²) in [6.07, 6.45) is 0. The molecular weight excluding hydrogens is 318 g/mol. The average molecular weight is 339 g/mol. The van der Waals surface area contributed by atoms with Gasteiger partial charge in [0.1, 0.15) is 0 Å². The largest absolute Gasteiger partial charge is 0.325 e. The molecule has 0 radical (unpaired) electrons. The van der Waals surface area contributed by atoms with E-state index in [1.165, 1.54) is 11.8 Å². The van der Waals surface area contributed by atoms with Gasteiger partial charge in [-0.2, -0.15) is 0 Å². The number of benzene rings is 2. The van der Waals surface area contributed by atoms with E-state index in [1.807, 2.05) is 56.3 Å². The Morgan fingerprint density at radius 3 is 2.67 bits per heavy atom. The number of aromatic nitrogens is 2. The first kappa shape index (κ1) is 16.6. The lowest BCUT2D eigenvalue weighted by Gasteiger charge is -2.13. The number of fused-ring (bicyclic) bond motifs is 1. The quantitative estimate of drug-likeness (QED) is 0.697. The van der Waals surface area contributed by atoms with Crippen LogP contribution >= 0.6 is 11.8 Å². The third kappa shape index (κ3) is 3.31. The van der Waals surface area contributed by atoms with Gasteiger partial charge in [0, 0.05) is 12.2 Å². The molecule has 0 spiro atoms. The first-order valence-electron chi connectivity index (χ1n) is 8.08. The summed E-state index contributed by atoms with van der Waals surface area (Å²) < 4.78 is 2.15. The van der Waals surface area contributed by atoms with Crippen LogP contribution in [0.4, 0.5) is 5.69 Å². The summed E-state index contributed by atoms with van der Waals surface area (Å²) >= 11 is 1.49. The van der Waals surface area contributed by atoms with Crippen LogP contribution < -0.4 is 5.32 Å². The summed E-state index contributed by atoms with van der Waals surface area (Å²) in [7, 11) is 0. The molecule has 3 rings (SSSR count). The molecule has 0 aliphatic heterocycles. The molecule has 1 N–H and O–H groups in total. The predicted octanol–water partition coefficient (Wildman–Crippen LogP) is 4.48. The molecule has 24 heavy (non-hydrogen) atoms. The van der Waals surface area contributed by atoms with Crippen LogP contribution in [-0.2, 0) is 11.3 Å². The molecule has 5 heteroatoms. The second-order valence-corrected chi connectivity index (χ2v) is 7.00. The number of hydrogen-bond acceptors (Lipinski definition) is 3. The highest BCUT2D eigenvalue weighted by Gasteiger charge is 2.19. The SMILES string of the molecule is CCn1c(SC(C)C(=O)Nc2ccccc2C)nc2ccccc21. The highest BCUT2D eigenvalue weighted by Crippen LogP contribution is 2.28. The number of imidazole rings is 1. The second-order valence-electron chi connectivity index (χ2n) is 5.69. The Labute approximate surface area is 146 Å². The van der Waals surface area contributed by atoms with Gasteiger partial charge in [-0.25, -0.2) is 4.98 Å². The maximum atomic E-state index is 12.5. The van der Waals surface area contributed by atoms with Crippen LogP contribution in [0, 0.1) is 6.92 Å². The Morgan fingerprint density at radius 1 is 1.21 bits per heavy atom. The summed E-state index contributed by atoms with van der Waals surface area (Å²) in [6.45, 7) is 6.83. The lowest BCUT2D eigenvalue weighted by atomic mass is 10.2. The second kappa shape index (κ2) is 7.09. The van der Waals surface area contributed by atoms with Crippen molar-refractivity contribution in [2.75, 3.05) is 5.32 Å². The lowest BCUT2D eigenvalue weighted by Crippen LogP contribution is -2.23. The fourth-order valence-corrected chi connectivity index (χ4v) is 3.60. The molecule has 0 aliphatic carbocycles. The smallest absolute Gasteiger partial charge is 0.237 e. The number of anilines is 1. The van der Waals surface area contributed by atoms with Crippen molar-refractivity contribution in [2.24, 2.45) is 0 Å². The van der Waals surface area contributed by atoms with Crippen molar-refractivity contribution >= 4 is 34.4 Å². The zero-order chi connectivity index (χ0) is 17.1. The Kier molecular flexibility index (Phi) is 4.90. The van der Waals surface area contributed by atoms with E-state index in [1.54, 1.807) is 0 Å². The lowest BCUT2D eigenvalue weighted by molar-refractivity contribution is -0.115. The van der Waals surface area contributed by atoms with E-state index >= 15 is 0 Å². The van der Waals surface area contributed by atoms with Gasteiger partial charge in [0.15, 0.2) is 5.16 Å². The maximum Gasteiger partial charge on any atom is 0.237 e. The minimum atomic E-state index is -0.230. The Morgan fingerprint density at radius 2 is 1.92 bits per heavy atom. The molecule has 0 saturated heterocycles. The summed E-state index contributed by atoms with van der Waals surface area (Å²) in [4.78, 5) is 17.2. The number of nitrogens with one attached hydrogen (secondary N) is 1. The molecule has 124 valence electrons. The summed E-state index contributed by atoms with van der Waals surface area (Å²) in [5.74, 6) is -0.0102. The topological polar surface area (TPSA) is 46.9 Å². The van der Waals surface area contributed by atoms with Crippen molar-refractivity contribution in [3.8, 4) is 0 Å². The van der Waals surface area contributed by atoms with Crippen LogP contribution in [0.25, 0.3) is 11.0 Å². The van der Waals surface area contributed by atoms with Crippen LogP contribution in [0.1, 0.15) is 19.4 Å². The molecule has 3 aromatic rings. The first-order chi connectivity index (χ1) is 11.6. The van der Waals surface area contributed by atoms with Crippen molar-refractivity contribution in [3.63, 3.8) is 0 Å². The fourth-order valence-electron chi connectivity index (χ4n) is 2.61. The fraction of sp³-hybridized carbons (Fsp3) is 0.263. The molecule has 1 aromatic heterocycles. The van der Waals surface area contributed by atoms with E-state index in [4.69, 9.17) is 0 Å². The van der Waals surface area contributed by atoms with E-state index in [2.05, 4.69) is 27.9 Å².